The number of rotatable bonds is 5. The van der Waals surface area contributed by atoms with Gasteiger partial charge in [-0.05, 0) is 64.8 Å². The predicted octanol–water partition coefficient (Wildman–Crippen LogP) is 5.04. The average molecular weight is 428 g/mol. The van der Waals surface area contributed by atoms with E-state index in [2.05, 4.69) is 31.4 Å². The lowest BCUT2D eigenvalue weighted by atomic mass is 9.92. The fraction of sp³-hybridized carbons (Fsp3) is 0.542. The van der Waals surface area contributed by atoms with Crippen molar-refractivity contribution in [2.75, 3.05) is 23.7 Å². The number of nitrogens with one attached hydrogen (secondary N) is 2. The lowest BCUT2D eigenvalue weighted by Crippen LogP contribution is -2.41. The topological polar surface area (TPSA) is 79.3 Å². The fourth-order valence-electron chi connectivity index (χ4n) is 3.05. The molecule has 1 aromatic carbocycles. The van der Waals surface area contributed by atoms with Gasteiger partial charge < -0.3 is 15.5 Å². The third-order valence-corrected chi connectivity index (χ3v) is 5.14. The number of hydrogen-bond donors (Lipinski definition) is 2. The molecule has 1 aromatic heterocycles. The van der Waals surface area contributed by atoms with Crippen LogP contribution in [0.2, 0.25) is 0 Å². The van der Waals surface area contributed by atoms with E-state index in [0.29, 0.717) is 18.1 Å². The molecule has 31 heavy (non-hydrogen) atoms. The molecule has 0 atom stereocenters. The van der Waals surface area contributed by atoms with Crippen LogP contribution in [-0.4, -0.2) is 39.7 Å². The number of carbonyl (C=O) groups excluding carboxylic acids is 2. The van der Waals surface area contributed by atoms with E-state index in [-0.39, 0.29) is 29.4 Å². The molecule has 0 spiro atoms. The summed E-state index contributed by atoms with van der Waals surface area (Å²) in [4.78, 5) is 27.0. The molecular formula is C24H37N5O2. The zero-order valence-electron chi connectivity index (χ0n) is 20.4. The summed E-state index contributed by atoms with van der Waals surface area (Å²) in [6.07, 6.45) is 0. The van der Waals surface area contributed by atoms with Gasteiger partial charge in [-0.3, -0.25) is 4.79 Å². The van der Waals surface area contributed by atoms with Crippen molar-refractivity contribution in [2.24, 2.45) is 0 Å². The molecule has 0 bridgehead atoms. The maximum Gasteiger partial charge on any atom is 0.322 e. The van der Waals surface area contributed by atoms with Crippen molar-refractivity contribution in [2.45, 2.75) is 73.3 Å². The van der Waals surface area contributed by atoms with Crippen LogP contribution in [0.3, 0.4) is 0 Å². The SMILES string of the molecule is CCN(CC(=O)Nc1cc(C(C)(C)C)nn1C(C)(C)C)C(=O)Nc1ccc(C)c(C)c1. The molecule has 1 heterocycles. The Hall–Kier alpha value is -2.83. The van der Waals surface area contributed by atoms with E-state index in [1.54, 1.807) is 0 Å². The summed E-state index contributed by atoms with van der Waals surface area (Å²) in [7, 11) is 0. The molecule has 0 aliphatic carbocycles. The Balaban J connectivity index is 2.13. The van der Waals surface area contributed by atoms with Gasteiger partial charge in [0.05, 0.1) is 11.2 Å². The van der Waals surface area contributed by atoms with E-state index in [9.17, 15) is 9.59 Å². The number of hydrogen-bond acceptors (Lipinski definition) is 3. The number of amides is 3. The molecule has 0 saturated heterocycles. The molecule has 0 aliphatic rings. The first kappa shape index (κ1) is 24.4. The van der Waals surface area contributed by atoms with Crippen molar-refractivity contribution >= 4 is 23.4 Å². The van der Waals surface area contributed by atoms with Gasteiger partial charge in [-0.1, -0.05) is 26.8 Å². The molecule has 0 fully saturated rings. The van der Waals surface area contributed by atoms with Crippen LogP contribution in [0.25, 0.3) is 0 Å². The van der Waals surface area contributed by atoms with E-state index < -0.39 is 0 Å². The van der Waals surface area contributed by atoms with Crippen LogP contribution >= 0.6 is 0 Å². The lowest BCUT2D eigenvalue weighted by molar-refractivity contribution is -0.116. The van der Waals surface area contributed by atoms with Crippen LogP contribution in [0.4, 0.5) is 16.3 Å². The Morgan fingerprint density at radius 3 is 2.16 bits per heavy atom. The summed E-state index contributed by atoms with van der Waals surface area (Å²) < 4.78 is 1.83. The lowest BCUT2D eigenvalue weighted by Gasteiger charge is -2.24. The van der Waals surface area contributed by atoms with Crippen LogP contribution in [-0.2, 0) is 15.7 Å². The smallest absolute Gasteiger partial charge is 0.315 e. The third kappa shape index (κ3) is 6.32. The van der Waals surface area contributed by atoms with Crippen molar-refractivity contribution in [3.63, 3.8) is 0 Å². The minimum absolute atomic E-state index is 0.0483. The molecule has 0 radical (unpaired) electrons. The van der Waals surface area contributed by atoms with Crippen molar-refractivity contribution in [3.8, 4) is 0 Å². The first-order valence-corrected chi connectivity index (χ1v) is 10.8. The number of aryl methyl sites for hydroxylation is 2. The Morgan fingerprint density at radius 1 is 1.00 bits per heavy atom. The van der Waals surface area contributed by atoms with Crippen molar-refractivity contribution in [1.29, 1.82) is 0 Å². The number of anilines is 2. The third-order valence-electron chi connectivity index (χ3n) is 5.14. The van der Waals surface area contributed by atoms with Gasteiger partial charge in [0.15, 0.2) is 0 Å². The van der Waals surface area contributed by atoms with Gasteiger partial charge >= 0.3 is 6.03 Å². The van der Waals surface area contributed by atoms with E-state index in [4.69, 9.17) is 5.10 Å². The van der Waals surface area contributed by atoms with Gasteiger partial charge in [-0.2, -0.15) is 5.10 Å². The molecule has 7 nitrogen and oxygen atoms in total. The van der Waals surface area contributed by atoms with Crippen LogP contribution in [0.5, 0.6) is 0 Å². The maximum absolute atomic E-state index is 12.8. The normalized spacial score (nSPS) is 11.9. The summed E-state index contributed by atoms with van der Waals surface area (Å²) in [5.41, 5.74) is 3.44. The summed E-state index contributed by atoms with van der Waals surface area (Å²) in [5.74, 6) is 0.371. The van der Waals surface area contributed by atoms with E-state index >= 15 is 0 Å². The van der Waals surface area contributed by atoms with Crippen molar-refractivity contribution in [3.05, 3.63) is 41.1 Å². The molecule has 2 N–H and O–H groups in total. The number of carbonyl (C=O) groups is 2. The van der Waals surface area contributed by atoms with E-state index in [0.717, 1.165) is 16.8 Å². The van der Waals surface area contributed by atoms with Crippen molar-refractivity contribution < 1.29 is 9.59 Å². The molecule has 2 aromatic rings. The molecule has 0 unspecified atom stereocenters. The minimum atomic E-state index is -0.305. The quantitative estimate of drug-likeness (QED) is 0.701. The number of nitrogens with zero attached hydrogens (tertiary/aromatic N) is 3. The molecular weight excluding hydrogens is 390 g/mol. The Bertz CT molecular complexity index is 948. The first-order valence-electron chi connectivity index (χ1n) is 10.8. The summed E-state index contributed by atoms with van der Waals surface area (Å²) in [6, 6.07) is 7.37. The molecule has 0 aliphatic heterocycles. The highest BCUT2D eigenvalue weighted by Crippen LogP contribution is 2.28. The maximum atomic E-state index is 12.8. The summed E-state index contributed by atoms with van der Waals surface area (Å²) in [5, 5.41) is 10.5. The Kier molecular flexibility index (Phi) is 7.19. The number of urea groups is 1. The van der Waals surface area contributed by atoms with Gasteiger partial charge in [-0.15, -0.1) is 0 Å². The van der Waals surface area contributed by atoms with Gasteiger partial charge in [-0.25, -0.2) is 9.48 Å². The monoisotopic (exact) mass is 427 g/mol. The van der Waals surface area contributed by atoms with E-state index in [1.807, 2.05) is 70.5 Å². The van der Waals surface area contributed by atoms with Gasteiger partial charge in [0.25, 0.3) is 0 Å². The highest BCUT2D eigenvalue weighted by Gasteiger charge is 2.26. The average Bonchev–Trinajstić information content (AvgIpc) is 3.07. The largest absolute Gasteiger partial charge is 0.322 e. The van der Waals surface area contributed by atoms with Gasteiger partial charge in [0, 0.05) is 23.7 Å². The zero-order valence-corrected chi connectivity index (χ0v) is 20.4. The van der Waals surface area contributed by atoms with Crippen LogP contribution in [0.15, 0.2) is 24.3 Å². The second-order valence-corrected chi connectivity index (χ2v) is 10.0. The number of likely N-dealkylation sites (N-methyl/N-ethyl adjacent to an activating group) is 1. The van der Waals surface area contributed by atoms with Gasteiger partial charge in [0.2, 0.25) is 5.91 Å². The highest BCUT2D eigenvalue weighted by atomic mass is 16.2. The standard InChI is InChI=1S/C24H37N5O2/c1-10-28(22(31)25-18-12-11-16(2)17(3)13-18)15-21(30)26-20-14-19(23(4,5)6)27-29(20)24(7,8)9/h11-14H,10,15H2,1-9H3,(H,25,31)(H,26,30). The molecule has 0 saturated carbocycles. The first-order chi connectivity index (χ1) is 14.2. The predicted molar refractivity (Wildman–Crippen MR) is 127 cm³/mol. The number of aromatic nitrogens is 2. The second-order valence-electron chi connectivity index (χ2n) is 10.0. The van der Waals surface area contributed by atoms with Crippen LogP contribution in [0, 0.1) is 13.8 Å². The van der Waals surface area contributed by atoms with Crippen molar-refractivity contribution in [1.82, 2.24) is 14.7 Å². The molecule has 7 heteroatoms. The summed E-state index contributed by atoms with van der Waals surface area (Å²) >= 11 is 0. The highest BCUT2D eigenvalue weighted by molar-refractivity contribution is 5.96. The summed E-state index contributed by atoms with van der Waals surface area (Å²) in [6.45, 7) is 18.6. The van der Waals surface area contributed by atoms with Gasteiger partial charge in [0.1, 0.15) is 12.4 Å². The molecule has 3 amide bonds. The van der Waals surface area contributed by atoms with Crippen LogP contribution in [0.1, 0.15) is 65.3 Å². The molecule has 2 rings (SSSR count). The minimum Gasteiger partial charge on any atom is -0.315 e. The second kappa shape index (κ2) is 9.12. The Labute approximate surface area is 186 Å². The fourth-order valence-corrected chi connectivity index (χ4v) is 3.05. The van der Waals surface area contributed by atoms with Crippen LogP contribution < -0.4 is 10.6 Å². The van der Waals surface area contributed by atoms with E-state index in [1.165, 1.54) is 4.90 Å². The number of benzene rings is 1. The molecule has 170 valence electrons. The Morgan fingerprint density at radius 2 is 1.65 bits per heavy atom. The zero-order chi connectivity index (χ0) is 23.6.